The Labute approximate surface area is 154 Å². The molecule has 0 amide bonds. The van der Waals surface area contributed by atoms with E-state index in [1.165, 1.54) is 11.0 Å². The largest absolute Gasteiger partial charge is 0.449 e. The molecule has 0 aliphatic heterocycles. The highest BCUT2D eigenvalue weighted by atomic mass is 16.5. The third-order valence-corrected chi connectivity index (χ3v) is 4.20. The molecule has 0 spiro atoms. The van der Waals surface area contributed by atoms with Gasteiger partial charge in [-0.1, -0.05) is 36.4 Å². The van der Waals surface area contributed by atoms with E-state index < -0.39 is 12.1 Å². The van der Waals surface area contributed by atoms with Crippen molar-refractivity contribution in [3.63, 3.8) is 0 Å². The van der Waals surface area contributed by atoms with E-state index in [4.69, 9.17) is 4.74 Å². The third kappa shape index (κ3) is 3.22. The second-order valence-corrected chi connectivity index (χ2v) is 6.01. The molecule has 1 N–H and O–H groups in total. The van der Waals surface area contributed by atoms with E-state index in [0.717, 1.165) is 16.6 Å². The smallest absolute Gasteiger partial charge is 0.361 e. The van der Waals surface area contributed by atoms with Gasteiger partial charge in [-0.3, -0.25) is 4.79 Å². The maximum absolute atomic E-state index is 12.7. The Kier molecular flexibility index (Phi) is 4.25. The Balaban J connectivity index is 1.49. The van der Waals surface area contributed by atoms with Gasteiger partial charge in [0.2, 0.25) is 5.78 Å². The molecule has 2 heterocycles. The molecule has 1 atom stereocenters. The highest BCUT2D eigenvalue weighted by Crippen LogP contribution is 2.20. The van der Waals surface area contributed by atoms with E-state index in [0.29, 0.717) is 5.56 Å². The number of ether oxygens (including phenoxy) is 1. The molecule has 27 heavy (non-hydrogen) atoms. The summed E-state index contributed by atoms with van der Waals surface area (Å²) in [5.74, 6) is -0.978. The minimum absolute atomic E-state index is 0.0393. The molecule has 134 valence electrons. The highest BCUT2D eigenvalue weighted by molar-refractivity contribution is 6.10. The first-order valence-electron chi connectivity index (χ1n) is 8.42. The van der Waals surface area contributed by atoms with Crippen molar-refractivity contribution in [3.8, 4) is 5.69 Å². The molecule has 7 heteroatoms. The summed E-state index contributed by atoms with van der Waals surface area (Å²) in [6, 6.07) is 16.7. The number of nitrogens with one attached hydrogen (secondary N) is 1. The molecular weight excluding hydrogens is 344 g/mol. The van der Waals surface area contributed by atoms with E-state index in [1.54, 1.807) is 13.1 Å². The van der Waals surface area contributed by atoms with Gasteiger partial charge in [-0.15, -0.1) is 5.10 Å². The summed E-state index contributed by atoms with van der Waals surface area (Å²) in [7, 11) is 0. The van der Waals surface area contributed by atoms with E-state index in [9.17, 15) is 9.59 Å². The van der Waals surface area contributed by atoms with Crippen LogP contribution in [0.25, 0.3) is 16.6 Å². The van der Waals surface area contributed by atoms with Crippen LogP contribution in [-0.4, -0.2) is 37.8 Å². The summed E-state index contributed by atoms with van der Waals surface area (Å²) in [6.45, 7) is 1.55. The number of esters is 1. The molecule has 0 saturated heterocycles. The lowest BCUT2D eigenvalue weighted by molar-refractivity contribution is 0.0313. The molecule has 0 bridgehead atoms. The van der Waals surface area contributed by atoms with Crippen LogP contribution in [-0.2, 0) is 4.74 Å². The fourth-order valence-corrected chi connectivity index (χ4v) is 2.81. The van der Waals surface area contributed by atoms with Crippen molar-refractivity contribution < 1.29 is 14.3 Å². The van der Waals surface area contributed by atoms with E-state index in [-0.39, 0.29) is 11.5 Å². The molecule has 0 fully saturated rings. The Morgan fingerprint density at radius 2 is 1.81 bits per heavy atom. The van der Waals surface area contributed by atoms with Crippen LogP contribution >= 0.6 is 0 Å². The lowest BCUT2D eigenvalue weighted by Gasteiger charge is -2.10. The Morgan fingerprint density at radius 3 is 2.63 bits per heavy atom. The van der Waals surface area contributed by atoms with Crippen molar-refractivity contribution >= 4 is 22.7 Å². The SMILES string of the molecule is CC(OC(=O)c1cnn(-c2ccccc2)n1)C(=O)c1c[nH]c2ccccc12. The monoisotopic (exact) mass is 360 g/mol. The van der Waals surface area contributed by atoms with Gasteiger partial charge in [0.05, 0.1) is 11.9 Å². The van der Waals surface area contributed by atoms with Crippen LogP contribution in [0.1, 0.15) is 27.8 Å². The summed E-state index contributed by atoms with van der Waals surface area (Å²) >= 11 is 0. The Bertz CT molecular complexity index is 1110. The number of aromatic nitrogens is 4. The zero-order chi connectivity index (χ0) is 18.8. The fourth-order valence-electron chi connectivity index (χ4n) is 2.81. The molecular formula is C20H16N4O3. The number of aromatic amines is 1. The van der Waals surface area contributed by atoms with Crippen LogP contribution in [0.15, 0.2) is 67.0 Å². The van der Waals surface area contributed by atoms with Crippen molar-refractivity contribution in [1.82, 2.24) is 20.0 Å². The van der Waals surface area contributed by atoms with Crippen molar-refractivity contribution in [2.75, 3.05) is 0 Å². The molecule has 0 aliphatic carbocycles. The molecule has 1 unspecified atom stereocenters. The molecule has 4 aromatic rings. The van der Waals surface area contributed by atoms with Gasteiger partial charge in [0.15, 0.2) is 11.8 Å². The second kappa shape index (κ2) is 6.87. The van der Waals surface area contributed by atoms with Gasteiger partial charge in [0.25, 0.3) is 0 Å². The van der Waals surface area contributed by atoms with Crippen LogP contribution in [0.4, 0.5) is 0 Å². The summed E-state index contributed by atoms with van der Waals surface area (Å²) < 4.78 is 5.30. The van der Waals surface area contributed by atoms with Gasteiger partial charge in [-0.05, 0) is 25.1 Å². The first-order valence-corrected chi connectivity index (χ1v) is 8.42. The lowest BCUT2D eigenvalue weighted by atomic mass is 10.1. The third-order valence-electron chi connectivity index (χ3n) is 4.20. The molecule has 0 saturated carbocycles. The summed E-state index contributed by atoms with van der Waals surface area (Å²) in [5.41, 5.74) is 2.10. The number of benzene rings is 2. The number of hydrogen-bond donors (Lipinski definition) is 1. The number of carbonyl (C=O) groups is 2. The highest BCUT2D eigenvalue weighted by Gasteiger charge is 2.24. The van der Waals surface area contributed by atoms with Gasteiger partial charge in [0.1, 0.15) is 0 Å². The van der Waals surface area contributed by atoms with Crippen molar-refractivity contribution in [2.24, 2.45) is 0 Å². The number of H-pyrrole nitrogens is 1. The Morgan fingerprint density at radius 1 is 1.07 bits per heavy atom. The predicted molar refractivity (Wildman–Crippen MR) is 98.9 cm³/mol. The maximum atomic E-state index is 12.7. The summed E-state index contributed by atoms with van der Waals surface area (Å²) in [5, 5.41) is 8.98. The number of hydrogen-bond acceptors (Lipinski definition) is 5. The molecule has 4 rings (SSSR count). The number of para-hydroxylation sites is 2. The maximum Gasteiger partial charge on any atom is 0.361 e. The average Bonchev–Trinajstić information content (AvgIpc) is 3.35. The van der Waals surface area contributed by atoms with Crippen molar-refractivity contribution in [1.29, 1.82) is 0 Å². The molecule has 0 radical (unpaired) electrons. The number of Topliss-reactive ketones (excluding diaryl/α,β-unsaturated/α-hetero) is 1. The zero-order valence-electron chi connectivity index (χ0n) is 14.5. The van der Waals surface area contributed by atoms with E-state index >= 15 is 0 Å². The molecule has 7 nitrogen and oxygen atoms in total. The van der Waals surface area contributed by atoms with Crippen molar-refractivity contribution in [2.45, 2.75) is 13.0 Å². The zero-order valence-corrected chi connectivity index (χ0v) is 14.5. The predicted octanol–water partition coefficient (Wildman–Crippen LogP) is 3.18. The van der Waals surface area contributed by atoms with Crippen molar-refractivity contribution in [3.05, 3.63) is 78.2 Å². The lowest BCUT2D eigenvalue weighted by Crippen LogP contribution is -2.24. The minimum Gasteiger partial charge on any atom is -0.449 e. The molecule has 0 aliphatic rings. The van der Waals surface area contributed by atoms with Gasteiger partial charge in [0, 0.05) is 22.7 Å². The minimum atomic E-state index is -0.946. The van der Waals surface area contributed by atoms with Crippen LogP contribution in [0.2, 0.25) is 0 Å². The number of rotatable bonds is 5. The standard InChI is InChI=1S/C20H16N4O3/c1-13(19(25)16-11-21-17-10-6-5-9-15(16)17)27-20(26)18-12-22-24(23-18)14-7-3-2-4-8-14/h2-13,21H,1H3. The first kappa shape index (κ1) is 16.7. The van der Waals surface area contributed by atoms with Crippen LogP contribution in [0.5, 0.6) is 0 Å². The van der Waals surface area contributed by atoms with Crippen LogP contribution < -0.4 is 0 Å². The van der Waals surface area contributed by atoms with Gasteiger partial charge >= 0.3 is 5.97 Å². The number of fused-ring (bicyclic) bond motifs is 1. The first-order chi connectivity index (χ1) is 13.1. The Hall–Kier alpha value is -3.74. The van der Waals surface area contributed by atoms with E-state index in [1.807, 2.05) is 54.6 Å². The number of nitrogens with zero attached hydrogens (tertiary/aromatic N) is 3. The van der Waals surface area contributed by atoms with Crippen LogP contribution in [0.3, 0.4) is 0 Å². The number of carbonyl (C=O) groups excluding carboxylic acids is 2. The summed E-state index contributed by atoms with van der Waals surface area (Å²) in [6.07, 6.45) is 2.00. The molecule has 2 aromatic carbocycles. The van der Waals surface area contributed by atoms with Gasteiger partial charge in [-0.25, -0.2) is 4.79 Å². The number of ketones is 1. The average molecular weight is 360 g/mol. The topological polar surface area (TPSA) is 89.9 Å². The van der Waals surface area contributed by atoms with E-state index in [2.05, 4.69) is 15.2 Å². The normalized spacial score (nSPS) is 12.0. The molecule has 2 aromatic heterocycles. The summed E-state index contributed by atoms with van der Waals surface area (Å²) in [4.78, 5) is 29.4. The fraction of sp³-hybridized carbons (Fsp3) is 0.100. The van der Waals surface area contributed by atoms with Gasteiger partial charge in [-0.2, -0.15) is 9.90 Å². The van der Waals surface area contributed by atoms with Crippen LogP contribution in [0, 0.1) is 0 Å². The second-order valence-electron chi connectivity index (χ2n) is 6.01. The quantitative estimate of drug-likeness (QED) is 0.436. The van der Waals surface area contributed by atoms with Gasteiger partial charge < -0.3 is 9.72 Å².